The molecule has 15 heavy (non-hydrogen) atoms. The number of nitrogens with zero attached hydrogens (tertiary/aromatic N) is 1. The number of carbonyl (C=O) groups excluding carboxylic acids is 1. The lowest BCUT2D eigenvalue weighted by molar-refractivity contribution is -0.130. The van der Waals surface area contributed by atoms with Gasteiger partial charge in [-0.2, -0.15) is 0 Å². The van der Waals surface area contributed by atoms with E-state index < -0.39 is 0 Å². The molecular weight excluding hydrogens is 188 g/mol. The standard InChI is InChI=1S/C12H24N2O/c1-5-7-11-13-10(8-9(3)4)12(15)14(11)6-2/h9-11,13H,5-8H2,1-4H3. The fraction of sp³-hybridized carbons (Fsp3) is 0.917. The monoisotopic (exact) mass is 212 g/mol. The predicted molar refractivity (Wildman–Crippen MR) is 62.5 cm³/mol. The molecule has 88 valence electrons. The summed E-state index contributed by atoms with van der Waals surface area (Å²) in [5.74, 6) is 0.871. The van der Waals surface area contributed by atoms with Gasteiger partial charge in [0.15, 0.2) is 0 Å². The molecule has 0 spiro atoms. The number of likely N-dealkylation sites (N-methyl/N-ethyl adjacent to an activating group) is 1. The molecule has 0 radical (unpaired) electrons. The van der Waals surface area contributed by atoms with Crippen molar-refractivity contribution in [2.75, 3.05) is 6.54 Å². The van der Waals surface area contributed by atoms with E-state index in [1.165, 1.54) is 0 Å². The van der Waals surface area contributed by atoms with Gasteiger partial charge in [0, 0.05) is 6.54 Å². The van der Waals surface area contributed by atoms with Gasteiger partial charge in [-0.25, -0.2) is 0 Å². The summed E-state index contributed by atoms with van der Waals surface area (Å²) in [4.78, 5) is 14.0. The Morgan fingerprint density at radius 3 is 2.53 bits per heavy atom. The first-order valence-electron chi connectivity index (χ1n) is 6.16. The lowest BCUT2D eigenvalue weighted by Crippen LogP contribution is -2.37. The second kappa shape index (κ2) is 5.50. The van der Waals surface area contributed by atoms with Gasteiger partial charge in [-0.1, -0.05) is 27.2 Å². The van der Waals surface area contributed by atoms with Crippen molar-refractivity contribution in [3.05, 3.63) is 0 Å². The molecule has 1 aliphatic heterocycles. The third-order valence-corrected chi connectivity index (χ3v) is 2.96. The number of nitrogens with one attached hydrogen (secondary N) is 1. The molecule has 1 heterocycles. The third kappa shape index (κ3) is 2.94. The minimum atomic E-state index is 0.0569. The van der Waals surface area contributed by atoms with Gasteiger partial charge in [-0.05, 0) is 25.7 Å². The molecule has 0 bridgehead atoms. The van der Waals surface area contributed by atoms with E-state index in [0.717, 1.165) is 25.8 Å². The Bertz CT molecular complexity index is 216. The summed E-state index contributed by atoms with van der Waals surface area (Å²) in [6.45, 7) is 9.37. The van der Waals surface area contributed by atoms with Crippen LogP contribution in [0.2, 0.25) is 0 Å². The van der Waals surface area contributed by atoms with Gasteiger partial charge in [-0.3, -0.25) is 10.1 Å². The van der Waals surface area contributed by atoms with Crippen LogP contribution in [0.15, 0.2) is 0 Å². The SMILES string of the molecule is CCCC1NC(CC(C)C)C(=O)N1CC. The van der Waals surface area contributed by atoms with Crippen LogP contribution >= 0.6 is 0 Å². The summed E-state index contributed by atoms with van der Waals surface area (Å²) >= 11 is 0. The fourth-order valence-electron chi connectivity index (χ4n) is 2.28. The van der Waals surface area contributed by atoms with E-state index in [2.05, 4.69) is 33.0 Å². The predicted octanol–water partition coefficient (Wildman–Crippen LogP) is 1.98. The number of hydrogen-bond acceptors (Lipinski definition) is 2. The van der Waals surface area contributed by atoms with Gasteiger partial charge < -0.3 is 4.90 Å². The maximum absolute atomic E-state index is 12.0. The van der Waals surface area contributed by atoms with Crippen LogP contribution in [0.4, 0.5) is 0 Å². The normalized spacial score (nSPS) is 26.7. The Hall–Kier alpha value is -0.570. The van der Waals surface area contributed by atoms with Crippen LogP contribution in [0.1, 0.15) is 47.0 Å². The highest BCUT2D eigenvalue weighted by molar-refractivity contribution is 5.84. The molecule has 1 saturated heterocycles. The third-order valence-electron chi connectivity index (χ3n) is 2.96. The highest BCUT2D eigenvalue weighted by atomic mass is 16.2. The maximum Gasteiger partial charge on any atom is 0.241 e. The molecular formula is C12H24N2O. The van der Waals surface area contributed by atoms with E-state index in [4.69, 9.17) is 0 Å². The highest BCUT2D eigenvalue weighted by Gasteiger charge is 2.37. The van der Waals surface area contributed by atoms with Crippen LogP contribution < -0.4 is 5.32 Å². The first kappa shape index (κ1) is 12.5. The van der Waals surface area contributed by atoms with Gasteiger partial charge in [0.05, 0.1) is 12.2 Å². The van der Waals surface area contributed by atoms with Gasteiger partial charge >= 0.3 is 0 Å². The zero-order chi connectivity index (χ0) is 11.4. The maximum atomic E-state index is 12.0. The quantitative estimate of drug-likeness (QED) is 0.755. The van der Waals surface area contributed by atoms with Crippen LogP contribution in [0.25, 0.3) is 0 Å². The summed E-state index contributed by atoms with van der Waals surface area (Å²) in [6.07, 6.45) is 3.41. The summed E-state index contributed by atoms with van der Waals surface area (Å²) in [5, 5.41) is 3.45. The Morgan fingerprint density at radius 1 is 1.40 bits per heavy atom. The molecule has 2 atom stereocenters. The first-order chi connectivity index (χ1) is 7.10. The first-order valence-corrected chi connectivity index (χ1v) is 6.16. The summed E-state index contributed by atoms with van der Waals surface area (Å²) in [6, 6.07) is 0.0569. The Morgan fingerprint density at radius 2 is 2.07 bits per heavy atom. The van der Waals surface area contributed by atoms with Crippen molar-refractivity contribution < 1.29 is 4.79 Å². The van der Waals surface area contributed by atoms with E-state index in [0.29, 0.717) is 11.8 Å². The molecule has 3 heteroatoms. The van der Waals surface area contributed by atoms with Crippen molar-refractivity contribution in [1.82, 2.24) is 10.2 Å². The van der Waals surface area contributed by atoms with E-state index >= 15 is 0 Å². The second-order valence-corrected chi connectivity index (χ2v) is 4.78. The van der Waals surface area contributed by atoms with Crippen molar-refractivity contribution in [1.29, 1.82) is 0 Å². The zero-order valence-corrected chi connectivity index (χ0v) is 10.4. The van der Waals surface area contributed by atoms with Gasteiger partial charge in [0.2, 0.25) is 5.91 Å². The van der Waals surface area contributed by atoms with Crippen LogP contribution in [-0.4, -0.2) is 29.6 Å². The summed E-state index contributed by atoms with van der Waals surface area (Å²) < 4.78 is 0. The molecule has 3 nitrogen and oxygen atoms in total. The number of rotatable bonds is 5. The molecule has 0 aromatic heterocycles. The van der Waals surface area contributed by atoms with Crippen LogP contribution in [0.5, 0.6) is 0 Å². The van der Waals surface area contributed by atoms with Crippen molar-refractivity contribution in [2.45, 2.75) is 59.2 Å². The van der Waals surface area contributed by atoms with Gasteiger partial charge in [0.25, 0.3) is 0 Å². The molecule has 0 aromatic carbocycles. The van der Waals surface area contributed by atoms with E-state index in [1.54, 1.807) is 0 Å². The number of hydrogen-bond donors (Lipinski definition) is 1. The average Bonchev–Trinajstić information content (AvgIpc) is 2.43. The van der Waals surface area contributed by atoms with Crippen molar-refractivity contribution in [3.8, 4) is 0 Å². The van der Waals surface area contributed by atoms with Crippen LogP contribution in [-0.2, 0) is 4.79 Å². The summed E-state index contributed by atoms with van der Waals surface area (Å²) in [5.41, 5.74) is 0. The molecule has 0 saturated carbocycles. The Balaban J connectivity index is 2.60. The van der Waals surface area contributed by atoms with Crippen molar-refractivity contribution >= 4 is 5.91 Å². The molecule has 0 aliphatic carbocycles. The topological polar surface area (TPSA) is 32.3 Å². The van der Waals surface area contributed by atoms with Crippen molar-refractivity contribution in [2.24, 2.45) is 5.92 Å². The van der Waals surface area contributed by atoms with E-state index in [1.807, 2.05) is 4.90 Å². The summed E-state index contributed by atoms with van der Waals surface area (Å²) in [7, 11) is 0. The lowest BCUT2D eigenvalue weighted by Gasteiger charge is -2.21. The minimum Gasteiger partial charge on any atom is -0.326 e. The van der Waals surface area contributed by atoms with Crippen LogP contribution in [0.3, 0.4) is 0 Å². The average molecular weight is 212 g/mol. The van der Waals surface area contributed by atoms with Crippen LogP contribution in [0, 0.1) is 5.92 Å². The second-order valence-electron chi connectivity index (χ2n) is 4.78. The lowest BCUT2D eigenvalue weighted by atomic mass is 10.0. The van der Waals surface area contributed by atoms with E-state index in [9.17, 15) is 4.79 Å². The van der Waals surface area contributed by atoms with Crippen molar-refractivity contribution in [3.63, 3.8) is 0 Å². The Labute approximate surface area is 93.2 Å². The van der Waals surface area contributed by atoms with E-state index in [-0.39, 0.29) is 12.2 Å². The highest BCUT2D eigenvalue weighted by Crippen LogP contribution is 2.19. The molecule has 0 aromatic rings. The molecule has 1 amide bonds. The van der Waals surface area contributed by atoms with Gasteiger partial charge in [-0.15, -0.1) is 0 Å². The largest absolute Gasteiger partial charge is 0.326 e. The molecule has 2 unspecified atom stereocenters. The number of amides is 1. The minimum absolute atomic E-state index is 0.0569. The molecule has 1 fully saturated rings. The Kier molecular flexibility index (Phi) is 4.58. The smallest absolute Gasteiger partial charge is 0.241 e. The molecule has 1 aliphatic rings. The van der Waals surface area contributed by atoms with Gasteiger partial charge in [0.1, 0.15) is 0 Å². The zero-order valence-electron chi connectivity index (χ0n) is 10.4. The molecule has 1 N–H and O–H groups in total. The molecule has 1 rings (SSSR count). The fourth-order valence-corrected chi connectivity index (χ4v) is 2.28. The number of carbonyl (C=O) groups is 1.